The van der Waals surface area contributed by atoms with E-state index in [1.165, 1.54) is 0 Å². The van der Waals surface area contributed by atoms with Gasteiger partial charge < -0.3 is 13.9 Å². The quantitative estimate of drug-likeness (QED) is 0.218. The van der Waals surface area contributed by atoms with Crippen LogP contribution in [0.25, 0.3) is 5.52 Å². The van der Waals surface area contributed by atoms with Crippen molar-refractivity contribution in [3.05, 3.63) is 68.9 Å². The van der Waals surface area contributed by atoms with Crippen molar-refractivity contribution in [2.45, 2.75) is 32.6 Å². The third kappa shape index (κ3) is 4.91. The Bertz CT molecular complexity index is 1180. The molecule has 2 aromatic heterocycles. The van der Waals surface area contributed by atoms with Crippen LogP contribution in [0.3, 0.4) is 0 Å². The van der Waals surface area contributed by atoms with Crippen LogP contribution in [0.5, 0.6) is 0 Å². The summed E-state index contributed by atoms with van der Waals surface area (Å²) in [4.78, 5) is 39.1. The molecule has 3 aromatic rings. The Hall–Kier alpha value is -2.58. The van der Waals surface area contributed by atoms with Crippen LogP contribution in [0.2, 0.25) is 0 Å². The number of ether oxygens (including phenoxy) is 2. The van der Waals surface area contributed by atoms with Gasteiger partial charge in [-0.05, 0) is 51.0 Å². The van der Waals surface area contributed by atoms with E-state index in [0.29, 0.717) is 16.0 Å². The Morgan fingerprint density at radius 2 is 1.62 bits per heavy atom. The van der Waals surface area contributed by atoms with Gasteiger partial charge in [-0.1, -0.05) is 34.1 Å². The van der Waals surface area contributed by atoms with E-state index < -0.39 is 11.9 Å². The highest BCUT2D eigenvalue weighted by Gasteiger charge is 2.30. The molecular weight excluding hydrogens is 494 g/mol. The summed E-state index contributed by atoms with van der Waals surface area (Å²) in [6, 6.07) is 8.99. The van der Waals surface area contributed by atoms with E-state index in [1.54, 1.807) is 48.7 Å². The lowest BCUT2D eigenvalue weighted by atomic mass is 10.1. The molecule has 0 radical (unpaired) electrons. The van der Waals surface area contributed by atoms with E-state index >= 15 is 0 Å². The number of fused-ring (bicyclic) bond motifs is 1. The zero-order valence-corrected chi connectivity index (χ0v) is 20.8. The van der Waals surface area contributed by atoms with Gasteiger partial charge in [-0.25, -0.2) is 9.59 Å². The first-order valence-electron chi connectivity index (χ1n) is 10.2. The van der Waals surface area contributed by atoms with Gasteiger partial charge in [0.25, 0.3) is 0 Å². The monoisotopic (exact) mass is 517 g/mol. The Labute approximate surface area is 199 Å². The van der Waals surface area contributed by atoms with Crippen LogP contribution in [-0.4, -0.2) is 41.1 Å². The van der Waals surface area contributed by atoms with Crippen LogP contribution in [0, 0.1) is 13.8 Å². The van der Waals surface area contributed by atoms with Crippen LogP contribution in [0.15, 0.2) is 45.9 Å². The fourth-order valence-corrected chi connectivity index (χ4v) is 4.86. The van der Waals surface area contributed by atoms with Gasteiger partial charge in [0.15, 0.2) is 5.78 Å². The maximum Gasteiger partial charge on any atom is 0.356 e. The topological polar surface area (TPSA) is 74.1 Å². The summed E-state index contributed by atoms with van der Waals surface area (Å²) in [5.74, 6) is -1.15. The molecule has 0 bridgehead atoms. The van der Waals surface area contributed by atoms with Crippen molar-refractivity contribution in [2.75, 3.05) is 19.0 Å². The molecule has 8 heteroatoms. The molecule has 0 aliphatic heterocycles. The predicted molar refractivity (Wildman–Crippen MR) is 128 cm³/mol. The molecule has 2 heterocycles. The molecule has 32 heavy (non-hydrogen) atoms. The molecule has 0 aliphatic carbocycles. The van der Waals surface area contributed by atoms with Gasteiger partial charge in [0.2, 0.25) is 0 Å². The van der Waals surface area contributed by atoms with Crippen LogP contribution in [0.4, 0.5) is 0 Å². The van der Waals surface area contributed by atoms with Gasteiger partial charge in [-0.3, -0.25) is 4.79 Å². The smallest absolute Gasteiger partial charge is 0.356 e. The molecule has 0 saturated carbocycles. The average molecular weight is 518 g/mol. The first-order chi connectivity index (χ1) is 15.3. The van der Waals surface area contributed by atoms with E-state index in [0.717, 1.165) is 27.4 Å². The minimum Gasteiger partial charge on any atom is -0.462 e. The van der Waals surface area contributed by atoms with Crippen molar-refractivity contribution < 1.29 is 23.9 Å². The number of Topliss-reactive ketones (excluding diaryl/α,β-unsaturated/α-hetero) is 1. The second-order valence-corrected chi connectivity index (χ2v) is 9.03. The average Bonchev–Trinajstić information content (AvgIpc) is 3.07. The van der Waals surface area contributed by atoms with Crippen molar-refractivity contribution in [1.82, 2.24) is 4.40 Å². The number of rotatable bonds is 8. The maximum atomic E-state index is 13.0. The molecule has 0 amide bonds. The molecule has 0 N–H and O–H groups in total. The Morgan fingerprint density at radius 3 is 2.25 bits per heavy atom. The number of hydrogen-bond acceptors (Lipinski definition) is 6. The number of benzene rings is 1. The molecule has 0 spiro atoms. The molecular formula is C24H24BrNO5S. The Morgan fingerprint density at radius 1 is 1.00 bits per heavy atom. The van der Waals surface area contributed by atoms with Crippen LogP contribution in [-0.2, 0) is 9.47 Å². The highest BCUT2D eigenvalue weighted by molar-refractivity contribution is 9.10. The first-order valence-corrected chi connectivity index (χ1v) is 12.0. The van der Waals surface area contributed by atoms with Gasteiger partial charge in [-0.2, -0.15) is 0 Å². The number of carbonyl (C=O) groups excluding carboxylic acids is 3. The van der Waals surface area contributed by atoms with Gasteiger partial charge >= 0.3 is 11.9 Å². The maximum absolute atomic E-state index is 13.0. The first kappa shape index (κ1) is 24.1. The van der Waals surface area contributed by atoms with E-state index in [4.69, 9.17) is 9.47 Å². The summed E-state index contributed by atoms with van der Waals surface area (Å²) >= 11 is 4.51. The molecule has 1 aromatic carbocycles. The van der Waals surface area contributed by atoms with Gasteiger partial charge in [0.05, 0.1) is 34.9 Å². The predicted octanol–water partition coefficient (Wildman–Crippen LogP) is 5.65. The molecule has 6 nitrogen and oxygen atoms in total. The summed E-state index contributed by atoms with van der Waals surface area (Å²) in [5.41, 5.74) is 3.38. The van der Waals surface area contributed by atoms with Crippen molar-refractivity contribution in [3.8, 4) is 0 Å². The fraction of sp³-hybridized carbons (Fsp3) is 0.292. The number of ketones is 1. The fourth-order valence-electron chi connectivity index (χ4n) is 3.52. The van der Waals surface area contributed by atoms with Crippen molar-refractivity contribution in [1.29, 1.82) is 0 Å². The molecule has 0 atom stereocenters. The largest absolute Gasteiger partial charge is 0.462 e. The lowest BCUT2D eigenvalue weighted by Gasteiger charge is -2.08. The third-order valence-electron chi connectivity index (χ3n) is 4.77. The van der Waals surface area contributed by atoms with E-state index in [-0.39, 0.29) is 36.0 Å². The number of esters is 2. The molecule has 0 fully saturated rings. The lowest BCUT2D eigenvalue weighted by molar-refractivity contribution is 0.0514. The van der Waals surface area contributed by atoms with Gasteiger partial charge in [0.1, 0.15) is 5.69 Å². The number of pyridine rings is 1. The van der Waals surface area contributed by atoms with Crippen LogP contribution < -0.4 is 0 Å². The summed E-state index contributed by atoms with van der Waals surface area (Å²) in [7, 11) is 0. The Balaban J connectivity index is 2.15. The number of hydrogen-bond donors (Lipinski definition) is 0. The van der Waals surface area contributed by atoms with Crippen molar-refractivity contribution >= 4 is 50.9 Å². The number of aryl methyl sites for hydroxylation is 2. The Kier molecular flexibility index (Phi) is 7.79. The van der Waals surface area contributed by atoms with E-state index in [9.17, 15) is 14.4 Å². The van der Waals surface area contributed by atoms with Crippen molar-refractivity contribution in [2.24, 2.45) is 0 Å². The highest BCUT2D eigenvalue weighted by Crippen LogP contribution is 2.36. The number of nitrogens with zero attached hydrogens (tertiary/aromatic N) is 1. The SMILES string of the molecule is CCOC(=O)c1c(SCC(=O)c2ccc(Br)cc2)c(C(=O)OCC)n2cc(C)cc(C)c12. The molecule has 0 aliphatic rings. The molecule has 3 rings (SSSR count). The second kappa shape index (κ2) is 10.4. The molecule has 0 unspecified atom stereocenters. The van der Waals surface area contributed by atoms with Crippen LogP contribution in [0.1, 0.15) is 56.2 Å². The summed E-state index contributed by atoms with van der Waals surface area (Å²) in [6.07, 6.45) is 1.79. The lowest BCUT2D eigenvalue weighted by Crippen LogP contribution is -2.11. The third-order valence-corrected chi connectivity index (χ3v) is 6.39. The summed E-state index contributed by atoms with van der Waals surface area (Å²) < 4.78 is 13.2. The minimum atomic E-state index is -0.554. The zero-order valence-electron chi connectivity index (χ0n) is 18.4. The summed E-state index contributed by atoms with van der Waals surface area (Å²) in [6.45, 7) is 7.62. The van der Waals surface area contributed by atoms with Gasteiger partial charge in [-0.15, -0.1) is 11.8 Å². The normalized spacial score (nSPS) is 10.9. The highest BCUT2D eigenvalue weighted by atomic mass is 79.9. The van der Waals surface area contributed by atoms with Gasteiger partial charge in [0, 0.05) is 16.2 Å². The zero-order chi connectivity index (χ0) is 23.4. The number of aromatic nitrogens is 1. The second-order valence-electron chi connectivity index (χ2n) is 7.13. The number of halogens is 1. The summed E-state index contributed by atoms with van der Waals surface area (Å²) in [5, 5.41) is 0. The minimum absolute atomic E-state index is 0.0509. The number of carbonyl (C=O) groups is 3. The van der Waals surface area contributed by atoms with Crippen molar-refractivity contribution in [3.63, 3.8) is 0 Å². The van der Waals surface area contributed by atoms with Crippen LogP contribution >= 0.6 is 27.7 Å². The standard InChI is InChI=1S/C24H24BrNO5S/c1-5-30-23(28)19-20-15(4)11-14(3)12-26(20)21(24(29)31-6-2)22(19)32-13-18(27)16-7-9-17(25)10-8-16/h7-12H,5-6,13H2,1-4H3. The molecule has 168 valence electrons. The molecule has 0 saturated heterocycles. The number of thioether (sulfide) groups is 1. The van der Waals surface area contributed by atoms with E-state index in [2.05, 4.69) is 15.9 Å². The van der Waals surface area contributed by atoms with E-state index in [1.807, 2.05) is 19.9 Å².